The molecular weight excluding hydrogens is 350 g/mol. The molecule has 108 valence electrons. The standard InChI is InChI=1S/C12H18BrNO3S2/c1-8-4-10(7-15)5-11(12(8)13)19(16,17)14-6-9(2)18-3/h4-5,9,14-15H,6-7H2,1-3H3. The van der Waals surface area contributed by atoms with Crippen LogP contribution in [0.15, 0.2) is 21.5 Å². The van der Waals surface area contributed by atoms with Crippen molar-refractivity contribution in [2.45, 2.75) is 30.6 Å². The molecular formula is C12H18BrNO3S2. The number of aryl methyl sites for hydroxylation is 1. The van der Waals surface area contributed by atoms with Gasteiger partial charge in [0.05, 0.1) is 11.5 Å². The zero-order valence-electron chi connectivity index (χ0n) is 11.1. The molecule has 1 aromatic rings. The van der Waals surface area contributed by atoms with E-state index in [0.717, 1.165) is 5.56 Å². The van der Waals surface area contributed by atoms with E-state index in [9.17, 15) is 8.42 Å². The lowest BCUT2D eigenvalue weighted by atomic mass is 10.1. The molecule has 0 aliphatic rings. The maximum Gasteiger partial charge on any atom is 0.241 e. The van der Waals surface area contributed by atoms with Gasteiger partial charge in [0, 0.05) is 16.3 Å². The molecule has 0 spiro atoms. The number of hydrogen-bond donors (Lipinski definition) is 2. The first-order valence-electron chi connectivity index (χ1n) is 5.74. The van der Waals surface area contributed by atoms with Gasteiger partial charge in [-0.1, -0.05) is 13.0 Å². The zero-order chi connectivity index (χ0) is 14.6. The second kappa shape index (κ2) is 7.08. The van der Waals surface area contributed by atoms with Gasteiger partial charge in [0.15, 0.2) is 0 Å². The molecule has 2 N–H and O–H groups in total. The van der Waals surface area contributed by atoms with Crippen molar-refractivity contribution in [2.75, 3.05) is 12.8 Å². The molecule has 0 heterocycles. The Morgan fingerprint density at radius 2 is 2.11 bits per heavy atom. The molecule has 1 atom stereocenters. The lowest BCUT2D eigenvalue weighted by Crippen LogP contribution is -2.30. The summed E-state index contributed by atoms with van der Waals surface area (Å²) in [6.45, 7) is 3.95. The predicted molar refractivity (Wildman–Crippen MR) is 83.0 cm³/mol. The highest BCUT2D eigenvalue weighted by atomic mass is 79.9. The fourth-order valence-electron chi connectivity index (χ4n) is 1.48. The highest BCUT2D eigenvalue weighted by Gasteiger charge is 2.20. The summed E-state index contributed by atoms with van der Waals surface area (Å²) < 4.78 is 27.6. The number of thioether (sulfide) groups is 1. The van der Waals surface area contributed by atoms with E-state index in [1.165, 1.54) is 6.07 Å². The van der Waals surface area contributed by atoms with E-state index in [-0.39, 0.29) is 16.8 Å². The van der Waals surface area contributed by atoms with Crippen LogP contribution in [0, 0.1) is 6.92 Å². The molecule has 0 radical (unpaired) electrons. The van der Waals surface area contributed by atoms with Crippen molar-refractivity contribution in [3.8, 4) is 0 Å². The third-order valence-corrected chi connectivity index (χ3v) is 6.45. The summed E-state index contributed by atoms with van der Waals surface area (Å²) >= 11 is 4.89. The molecule has 19 heavy (non-hydrogen) atoms. The van der Waals surface area contributed by atoms with Crippen LogP contribution < -0.4 is 4.72 Å². The van der Waals surface area contributed by atoms with Crippen LogP contribution in [0.5, 0.6) is 0 Å². The summed E-state index contributed by atoms with van der Waals surface area (Å²) in [6, 6.07) is 3.25. The van der Waals surface area contributed by atoms with Crippen molar-refractivity contribution >= 4 is 37.7 Å². The summed E-state index contributed by atoms with van der Waals surface area (Å²) in [4.78, 5) is 0.171. The SMILES string of the molecule is CSC(C)CNS(=O)(=O)c1cc(CO)cc(C)c1Br. The Bertz CT molecular complexity index is 546. The lowest BCUT2D eigenvalue weighted by Gasteiger charge is -2.14. The second-order valence-corrected chi connectivity index (χ2v) is 8.09. The molecule has 0 aromatic heterocycles. The van der Waals surface area contributed by atoms with Crippen LogP contribution in [0.1, 0.15) is 18.1 Å². The van der Waals surface area contributed by atoms with E-state index in [2.05, 4.69) is 20.7 Å². The Morgan fingerprint density at radius 3 is 2.63 bits per heavy atom. The minimum atomic E-state index is -3.57. The fraction of sp³-hybridized carbons (Fsp3) is 0.500. The van der Waals surface area contributed by atoms with Gasteiger partial charge in [0.25, 0.3) is 0 Å². The number of sulfonamides is 1. The van der Waals surface area contributed by atoms with Crippen LogP contribution in [0.2, 0.25) is 0 Å². The maximum atomic E-state index is 12.3. The van der Waals surface area contributed by atoms with Crippen molar-refractivity contribution in [3.63, 3.8) is 0 Å². The molecule has 4 nitrogen and oxygen atoms in total. The van der Waals surface area contributed by atoms with Gasteiger partial charge in [-0.25, -0.2) is 13.1 Å². The highest BCUT2D eigenvalue weighted by molar-refractivity contribution is 9.10. The average Bonchev–Trinajstić information content (AvgIpc) is 2.38. The Balaban J connectivity index is 3.10. The molecule has 1 aromatic carbocycles. The first-order chi connectivity index (χ1) is 8.81. The zero-order valence-corrected chi connectivity index (χ0v) is 14.3. The van der Waals surface area contributed by atoms with E-state index in [0.29, 0.717) is 16.6 Å². The summed E-state index contributed by atoms with van der Waals surface area (Å²) in [5.74, 6) is 0. The van der Waals surface area contributed by atoms with Crippen LogP contribution in [-0.4, -0.2) is 31.6 Å². The van der Waals surface area contributed by atoms with E-state index in [4.69, 9.17) is 5.11 Å². The van der Waals surface area contributed by atoms with Gasteiger partial charge in [0.2, 0.25) is 10.0 Å². The fourth-order valence-corrected chi connectivity index (χ4v) is 4.04. The molecule has 7 heteroatoms. The first kappa shape index (κ1) is 17.0. The monoisotopic (exact) mass is 367 g/mol. The third-order valence-electron chi connectivity index (χ3n) is 2.72. The lowest BCUT2D eigenvalue weighted by molar-refractivity contribution is 0.281. The van der Waals surface area contributed by atoms with Gasteiger partial charge in [-0.2, -0.15) is 11.8 Å². The van der Waals surface area contributed by atoms with E-state index in [1.807, 2.05) is 13.2 Å². The largest absolute Gasteiger partial charge is 0.392 e. The molecule has 0 saturated heterocycles. The normalized spacial score (nSPS) is 13.5. The highest BCUT2D eigenvalue weighted by Crippen LogP contribution is 2.27. The molecule has 0 amide bonds. The van der Waals surface area contributed by atoms with Crippen molar-refractivity contribution in [3.05, 3.63) is 27.7 Å². The number of aliphatic hydroxyl groups excluding tert-OH is 1. The van der Waals surface area contributed by atoms with Crippen molar-refractivity contribution in [1.29, 1.82) is 0 Å². The Labute approximate surface area is 127 Å². The quantitative estimate of drug-likeness (QED) is 0.809. The smallest absolute Gasteiger partial charge is 0.241 e. The molecule has 1 rings (SSSR count). The average molecular weight is 368 g/mol. The van der Waals surface area contributed by atoms with Crippen molar-refractivity contribution in [2.24, 2.45) is 0 Å². The number of aliphatic hydroxyl groups is 1. The molecule has 0 aliphatic heterocycles. The van der Waals surface area contributed by atoms with Crippen LogP contribution >= 0.6 is 27.7 Å². The first-order valence-corrected chi connectivity index (χ1v) is 9.30. The van der Waals surface area contributed by atoms with E-state index < -0.39 is 10.0 Å². The van der Waals surface area contributed by atoms with Gasteiger partial charge in [0.1, 0.15) is 0 Å². The molecule has 0 saturated carbocycles. The maximum absolute atomic E-state index is 12.3. The molecule has 0 aliphatic carbocycles. The predicted octanol–water partition coefficient (Wildman–Crippen LogP) is 2.28. The Hall–Kier alpha value is -0.0800. The van der Waals surface area contributed by atoms with Crippen LogP contribution in [0.3, 0.4) is 0 Å². The summed E-state index contributed by atoms with van der Waals surface area (Å²) in [6.07, 6.45) is 1.94. The second-order valence-electron chi connectivity index (χ2n) is 4.28. The summed E-state index contributed by atoms with van der Waals surface area (Å²) in [7, 11) is -3.57. The summed E-state index contributed by atoms with van der Waals surface area (Å²) in [5, 5.41) is 9.37. The van der Waals surface area contributed by atoms with Gasteiger partial charge in [-0.15, -0.1) is 0 Å². The number of halogens is 1. The number of hydrogen-bond acceptors (Lipinski definition) is 4. The van der Waals surface area contributed by atoms with Crippen molar-refractivity contribution in [1.82, 2.24) is 4.72 Å². The van der Waals surface area contributed by atoms with Crippen LogP contribution in [0.25, 0.3) is 0 Å². The third kappa shape index (κ3) is 4.46. The Kier molecular flexibility index (Phi) is 6.32. The van der Waals surface area contributed by atoms with Gasteiger partial charge in [-0.05, 0) is 46.3 Å². The van der Waals surface area contributed by atoms with Gasteiger partial charge >= 0.3 is 0 Å². The number of benzene rings is 1. The van der Waals surface area contributed by atoms with E-state index in [1.54, 1.807) is 24.8 Å². The number of nitrogens with one attached hydrogen (secondary N) is 1. The van der Waals surface area contributed by atoms with Crippen LogP contribution in [0.4, 0.5) is 0 Å². The minimum Gasteiger partial charge on any atom is -0.392 e. The number of rotatable bonds is 6. The molecule has 0 fully saturated rings. The van der Waals surface area contributed by atoms with E-state index >= 15 is 0 Å². The topological polar surface area (TPSA) is 66.4 Å². The van der Waals surface area contributed by atoms with Gasteiger partial charge in [-0.3, -0.25) is 0 Å². The van der Waals surface area contributed by atoms with Crippen molar-refractivity contribution < 1.29 is 13.5 Å². The van der Waals surface area contributed by atoms with Crippen LogP contribution in [-0.2, 0) is 16.6 Å². The van der Waals surface area contributed by atoms with Gasteiger partial charge < -0.3 is 5.11 Å². The summed E-state index contributed by atoms with van der Waals surface area (Å²) in [5.41, 5.74) is 1.36. The Morgan fingerprint density at radius 1 is 1.47 bits per heavy atom. The molecule has 0 bridgehead atoms. The molecule has 1 unspecified atom stereocenters. The minimum absolute atomic E-state index is 0.171.